The fourth-order valence-corrected chi connectivity index (χ4v) is 2.98. The quantitative estimate of drug-likeness (QED) is 0.517. The largest absolute Gasteiger partial charge is 0.488 e. The molecule has 0 aromatic heterocycles. The topological polar surface area (TPSA) is 74.8 Å². The van der Waals surface area contributed by atoms with Crippen molar-refractivity contribution in [2.75, 3.05) is 20.1 Å². The second-order valence-corrected chi connectivity index (χ2v) is 6.44. The van der Waals surface area contributed by atoms with Crippen LogP contribution in [0.4, 0.5) is 0 Å². The lowest BCUT2D eigenvalue weighted by Crippen LogP contribution is -2.43. The smallest absolute Gasteiger partial charge is 0.222 e. The zero-order chi connectivity index (χ0) is 18.9. The molecule has 1 atom stereocenters. The van der Waals surface area contributed by atoms with Crippen LogP contribution in [0.15, 0.2) is 59.6 Å². The van der Waals surface area contributed by atoms with E-state index in [2.05, 4.69) is 27.0 Å². The summed E-state index contributed by atoms with van der Waals surface area (Å²) in [6.45, 7) is 1.73. The Morgan fingerprint density at radius 1 is 1.07 bits per heavy atom. The molecule has 3 N–H and O–H groups in total. The Morgan fingerprint density at radius 3 is 2.63 bits per heavy atom. The minimum atomic E-state index is 0.0105. The molecule has 1 amide bonds. The summed E-state index contributed by atoms with van der Waals surface area (Å²) in [5, 5.41) is 9.34. The normalized spacial score (nSPS) is 15.6. The summed E-state index contributed by atoms with van der Waals surface area (Å²) >= 11 is 0. The van der Waals surface area contributed by atoms with Crippen LogP contribution in [0.5, 0.6) is 5.75 Å². The number of benzene rings is 2. The van der Waals surface area contributed by atoms with Gasteiger partial charge in [-0.05, 0) is 17.2 Å². The Kier molecular flexibility index (Phi) is 6.68. The minimum absolute atomic E-state index is 0.0105. The number of guanidine groups is 1. The Labute approximate surface area is 160 Å². The van der Waals surface area contributed by atoms with Crippen molar-refractivity contribution in [3.63, 3.8) is 0 Å². The first-order chi connectivity index (χ1) is 13.2. The summed E-state index contributed by atoms with van der Waals surface area (Å²) in [6.07, 6.45) is 1.37. The third kappa shape index (κ3) is 5.74. The van der Waals surface area contributed by atoms with Gasteiger partial charge in [0.2, 0.25) is 5.91 Å². The molecule has 3 rings (SSSR count). The molecule has 0 fully saturated rings. The predicted molar refractivity (Wildman–Crippen MR) is 107 cm³/mol. The van der Waals surface area contributed by atoms with Crippen LogP contribution in [0.25, 0.3) is 0 Å². The Morgan fingerprint density at radius 2 is 1.85 bits per heavy atom. The van der Waals surface area contributed by atoms with Gasteiger partial charge in [0.05, 0.1) is 6.54 Å². The number of carbonyl (C=O) groups excluding carboxylic acids is 1. The van der Waals surface area contributed by atoms with Gasteiger partial charge in [-0.2, -0.15) is 0 Å². The molecule has 1 aliphatic rings. The van der Waals surface area contributed by atoms with E-state index in [0.29, 0.717) is 32.0 Å². The average Bonchev–Trinajstić information content (AvgIpc) is 3.12. The molecule has 142 valence electrons. The lowest BCUT2D eigenvalue weighted by atomic mass is 10.1. The number of para-hydroxylation sites is 1. The van der Waals surface area contributed by atoms with Gasteiger partial charge in [0.15, 0.2) is 5.96 Å². The molecule has 6 heteroatoms. The maximum atomic E-state index is 11.9. The van der Waals surface area contributed by atoms with Crippen molar-refractivity contribution in [3.05, 3.63) is 65.7 Å². The third-order valence-electron chi connectivity index (χ3n) is 4.41. The van der Waals surface area contributed by atoms with E-state index in [-0.39, 0.29) is 12.0 Å². The van der Waals surface area contributed by atoms with Gasteiger partial charge in [-0.1, -0.05) is 48.5 Å². The Balaban J connectivity index is 1.32. The van der Waals surface area contributed by atoms with Gasteiger partial charge in [0.1, 0.15) is 11.9 Å². The maximum absolute atomic E-state index is 11.9. The number of hydrogen-bond acceptors (Lipinski definition) is 3. The monoisotopic (exact) mass is 366 g/mol. The second-order valence-electron chi connectivity index (χ2n) is 6.44. The molecular formula is C21H26N4O2. The van der Waals surface area contributed by atoms with E-state index in [1.54, 1.807) is 7.05 Å². The number of fused-ring (bicyclic) bond motifs is 1. The summed E-state index contributed by atoms with van der Waals surface area (Å²) in [4.78, 5) is 16.1. The molecular weight excluding hydrogens is 340 g/mol. The highest BCUT2D eigenvalue weighted by Gasteiger charge is 2.22. The molecule has 1 unspecified atom stereocenters. The number of nitrogens with one attached hydrogen (secondary N) is 3. The molecule has 1 heterocycles. The highest BCUT2D eigenvalue weighted by Crippen LogP contribution is 2.27. The number of nitrogens with zero attached hydrogens (tertiary/aromatic N) is 1. The van der Waals surface area contributed by atoms with Crippen LogP contribution in [0, 0.1) is 0 Å². The third-order valence-corrected chi connectivity index (χ3v) is 4.41. The Bertz CT molecular complexity index is 752. The highest BCUT2D eigenvalue weighted by atomic mass is 16.5. The molecule has 0 bridgehead atoms. The summed E-state index contributed by atoms with van der Waals surface area (Å²) < 4.78 is 5.91. The van der Waals surface area contributed by atoms with Crippen molar-refractivity contribution in [1.82, 2.24) is 16.0 Å². The van der Waals surface area contributed by atoms with E-state index in [0.717, 1.165) is 17.7 Å². The number of aliphatic imine (C=N–C) groups is 1. The second kappa shape index (κ2) is 9.62. The molecule has 2 aromatic carbocycles. The molecule has 2 aromatic rings. The first-order valence-corrected chi connectivity index (χ1v) is 9.24. The molecule has 0 saturated heterocycles. The molecule has 0 spiro atoms. The SMILES string of the molecule is CN=C(NCCC(=O)NCc1ccccc1)NCC1Cc2ccccc2O1. The van der Waals surface area contributed by atoms with Gasteiger partial charge in [-0.25, -0.2) is 0 Å². The van der Waals surface area contributed by atoms with Crippen LogP contribution in [-0.4, -0.2) is 38.1 Å². The van der Waals surface area contributed by atoms with Gasteiger partial charge in [0, 0.05) is 33.0 Å². The molecule has 1 aliphatic heterocycles. The zero-order valence-corrected chi connectivity index (χ0v) is 15.6. The van der Waals surface area contributed by atoms with Crippen LogP contribution in [0.3, 0.4) is 0 Å². The first kappa shape index (κ1) is 18.8. The van der Waals surface area contributed by atoms with E-state index < -0.39 is 0 Å². The predicted octanol–water partition coefficient (Wildman–Crippen LogP) is 1.86. The van der Waals surface area contributed by atoms with Gasteiger partial charge in [-0.3, -0.25) is 9.79 Å². The molecule has 27 heavy (non-hydrogen) atoms. The van der Waals surface area contributed by atoms with Crippen LogP contribution in [-0.2, 0) is 17.8 Å². The lowest BCUT2D eigenvalue weighted by Gasteiger charge is -2.15. The molecule has 0 aliphatic carbocycles. The van der Waals surface area contributed by atoms with E-state index >= 15 is 0 Å². The fourth-order valence-electron chi connectivity index (χ4n) is 2.98. The van der Waals surface area contributed by atoms with E-state index in [1.165, 1.54) is 5.56 Å². The minimum Gasteiger partial charge on any atom is -0.488 e. The summed E-state index contributed by atoms with van der Waals surface area (Å²) in [5.74, 6) is 1.64. The number of amides is 1. The van der Waals surface area contributed by atoms with Crippen molar-refractivity contribution >= 4 is 11.9 Å². The number of rotatable bonds is 7. The molecule has 6 nitrogen and oxygen atoms in total. The van der Waals surface area contributed by atoms with Gasteiger partial charge < -0.3 is 20.7 Å². The Hall–Kier alpha value is -3.02. The molecule has 0 radical (unpaired) electrons. The van der Waals surface area contributed by atoms with E-state index in [9.17, 15) is 4.79 Å². The maximum Gasteiger partial charge on any atom is 0.222 e. The number of ether oxygens (including phenoxy) is 1. The average molecular weight is 366 g/mol. The van der Waals surface area contributed by atoms with Crippen molar-refractivity contribution in [2.24, 2.45) is 4.99 Å². The van der Waals surface area contributed by atoms with Crippen LogP contribution >= 0.6 is 0 Å². The van der Waals surface area contributed by atoms with Gasteiger partial charge in [-0.15, -0.1) is 0 Å². The summed E-state index contributed by atoms with van der Waals surface area (Å²) in [6, 6.07) is 18.0. The fraction of sp³-hybridized carbons (Fsp3) is 0.333. The first-order valence-electron chi connectivity index (χ1n) is 9.24. The van der Waals surface area contributed by atoms with E-state index in [1.807, 2.05) is 48.5 Å². The van der Waals surface area contributed by atoms with Crippen LogP contribution < -0.4 is 20.7 Å². The van der Waals surface area contributed by atoms with Crippen molar-refractivity contribution in [3.8, 4) is 5.75 Å². The zero-order valence-electron chi connectivity index (χ0n) is 15.6. The number of carbonyl (C=O) groups is 1. The summed E-state index contributed by atoms with van der Waals surface area (Å²) in [7, 11) is 1.72. The number of hydrogen-bond donors (Lipinski definition) is 3. The van der Waals surface area contributed by atoms with Gasteiger partial charge in [0.25, 0.3) is 0 Å². The van der Waals surface area contributed by atoms with Crippen LogP contribution in [0.1, 0.15) is 17.5 Å². The van der Waals surface area contributed by atoms with Gasteiger partial charge >= 0.3 is 0 Å². The van der Waals surface area contributed by atoms with Crippen molar-refractivity contribution in [1.29, 1.82) is 0 Å². The lowest BCUT2D eigenvalue weighted by molar-refractivity contribution is -0.121. The van der Waals surface area contributed by atoms with E-state index in [4.69, 9.17) is 4.74 Å². The standard InChI is InChI=1S/C21H26N4O2/c1-22-21(25-15-18-13-17-9-5-6-10-19(17)27-18)23-12-11-20(26)24-14-16-7-3-2-4-8-16/h2-10,18H,11-15H2,1H3,(H,24,26)(H2,22,23,25). The van der Waals surface area contributed by atoms with Crippen molar-refractivity contribution in [2.45, 2.75) is 25.5 Å². The van der Waals surface area contributed by atoms with Crippen molar-refractivity contribution < 1.29 is 9.53 Å². The van der Waals surface area contributed by atoms with Crippen LogP contribution in [0.2, 0.25) is 0 Å². The summed E-state index contributed by atoms with van der Waals surface area (Å²) in [5.41, 5.74) is 2.33. The molecule has 0 saturated carbocycles. The highest BCUT2D eigenvalue weighted by molar-refractivity contribution is 5.81.